The Morgan fingerprint density at radius 3 is 2.65 bits per heavy atom. The number of nitrogens with two attached hydrogens (primary N) is 1. The van der Waals surface area contributed by atoms with Gasteiger partial charge in [-0.25, -0.2) is 4.98 Å². The van der Waals surface area contributed by atoms with E-state index in [0.717, 1.165) is 5.56 Å². The third kappa shape index (κ3) is 5.44. The van der Waals surface area contributed by atoms with Crippen LogP contribution in [0.2, 0.25) is 5.02 Å². The first-order chi connectivity index (χ1) is 10.9. The van der Waals surface area contributed by atoms with Crippen LogP contribution in [0.15, 0.2) is 24.3 Å². The number of thiocarbonyl (C=S) groups is 1. The summed E-state index contributed by atoms with van der Waals surface area (Å²) in [5.41, 5.74) is 7.50. The molecule has 0 aliphatic carbocycles. The lowest BCUT2D eigenvalue weighted by atomic mass is 10.2. The van der Waals surface area contributed by atoms with Crippen molar-refractivity contribution in [1.82, 2.24) is 20.5 Å². The van der Waals surface area contributed by atoms with Crippen LogP contribution in [0.3, 0.4) is 0 Å². The molecule has 9 heteroatoms. The molecule has 0 saturated heterocycles. The topological polar surface area (TPSA) is 109 Å². The van der Waals surface area contributed by atoms with Gasteiger partial charge in [0.05, 0.1) is 11.4 Å². The van der Waals surface area contributed by atoms with Crippen LogP contribution in [0.1, 0.15) is 17.0 Å². The molecule has 0 aliphatic heterocycles. The van der Waals surface area contributed by atoms with Crippen molar-refractivity contribution in [1.29, 1.82) is 0 Å². The molecular weight excluding hydrogens is 336 g/mol. The molecule has 0 saturated carbocycles. The number of rotatable bonds is 5. The van der Waals surface area contributed by atoms with Gasteiger partial charge in [-0.3, -0.25) is 0 Å². The first kappa shape index (κ1) is 17.1. The van der Waals surface area contributed by atoms with Gasteiger partial charge in [-0.2, -0.15) is 0 Å². The van der Waals surface area contributed by atoms with E-state index in [1.54, 1.807) is 25.1 Å². The summed E-state index contributed by atoms with van der Waals surface area (Å²) in [5, 5.41) is 23.1. The minimum Gasteiger partial charge on any atom is -0.376 e. The average Bonchev–Trinajstić information content (AvgIpc) is 2.48. The van der Waals surface area contributed by atoms with Crippen molar-refractivity contribution < 1.29 is 5.11 Å². The Balaban J connectivity index is 2.13. The molecule has 0 spiro atoms. The summed E-state index contributed by atoms with van der Waals surface area (Å²) < 4.78 is 0. The maximum Gasteiger partial charge on any atom is 0.246 e. The zero-order chi connectivity index (χ0) is 16.8. The SMILES string of the molecule is Cc1nnc(NC(O)NC(N)=S)nc1/C=C/c1ccc(Cl)cc1. The number of benzene rings is 1. The zero-order valence-corrected chi connectivity index (χ0v) is 13.8. The smallest absolute Gasteiger partial charge is 0.246 e. The van der Waals surface area contributed by atoms with Crippen LogP contribution in [0, 0.1) is 6.92 Å². The number of nitrogens with one attached hydrogen (secondary N) is 2. The Morgan fingerprint density at radius 2 is 2.00 bits per heavy atom. The molecule has 1 aromatic heterocycles. The largest absolute Gasteiger partial charge is 0.376 e. The van der Waals surface area contributed by atoms with Crippen LogP contribution in [-0.4, -0.2) is 31.8 Å². The van der Waals surface area contributed by atoms with Gasteiger partial charge in [0.15, 0.2) is 5.11 Å². The summed E-state index contributed by atoms with van der Waals surface area (Å²) in [6, 6.07) is 7.38. The second-order valence-corrected chi connectivity index (χ2v) is 5.42. The van der Waals surface area contributed by atoms with E-state index in [4.69, 9.17) is 17.3 Å². The lowest BCUT2D eigenvalue weighted by Crippen LogP contribution is -2.43. The second kappa shape index (κ2) is 7.82. The summed E-state index contributed by atoms with van der Waals surface area (Å²) in [6.07, 6.45) is 2.47. The number of aromatic nitrogens is 3. The Bertz CT molecular complexity index is 722. The van der Waals surface area contributed by atoms with Crippen molar-refractivity contribution in [2.24, 2.45) is 5.73 Å². The van der Waals surface area contributed by atoms with E-state index < -0.39 is 6.35 Å². The number of aliphatic hydroxyl groups is 1. The predicted molar refractivity (Wildman–Crippen MR) is 94.5 cm³/mol. The van der Waals surface area contributed by atoms with E-state index in [1.807, 2.05) is 18.2 Å². The van der Waals surface area contributed by atoms with E-state index >= 15 is 0 Å². The molecule has 5 N–H and O–H groups in total. The molecule has 1 aromatic carbocycles. The monoisotopic (exact) mass is 350 g/mol. The molecule has 2 rings (SSSR count). The van der Waals surface area contributed by atoms with Crippen molar-refractivity contribution in [2.75, 3.05) is 5.32 Å². The lowest BCUT2D eigenvalue weighted by Gasteiger charge is -2.13. The van der Waals surface area contributed by atoms with Gasteiger partial charge in [0.25, 0.3) is 0 Å². The van der Waals surface area contributed by atoms with E-state index in [9.17, 15) is 5.11 Å². The first-order valence-corrected chi connectivity index (χ1v) is 7.38. The van der Waals surface area contributed by atoms with Gasteiger partial charge in [0, 0.05) is 5.02 Å². The lowest BCUT2D eigenvalue weighted by molar-refractivity contribution is 0.188. The van der Waals surface area contributed by atoms with E-state index in [-0.39, 0.29) is 11.1 Å². The molecule has 120 valence electrons. The fraction of sp³-hybridized carbons (Fsp3) is 0.143. The second-order valence-electron chi connectivity index (χ2n) is 4.55. The maximum atomic E-state index is 9.64. The van der Waals surface area contributed by atoms with Gasteiger partial charge in [-0.05, 0) is 42.9 Å². The molecule has 1 atom stereocenters. The standard InChI is InChI=1S/C14H15ClN6OS/c1-8-11(7-4-9-2-5-10(15)6-3-9)17-13(21-20-8)19-14(22)18-12(16)23/h2-7,14,22H,1H3,(H3,16,18,23)(H,17,19,21)/b7-4+. The Labute approximate surface area is 143 Å². The summed E-state index contributed by atoms with van der Waals surface area (Å²) in [6.45, 7) is 1.79. The van der Waals surface area contributed by atoms with Crippen LogP contribution < -0.4 is 16.4 Å². The highest BCUT2D eigenvalue weighted by Gasteiger charge is 2.08. The quantitative estimate of drug-likeness (QED) is 0.475. The van der Waals surface area contributed by atoms with E-state index in [0.29, 0.717) is 16.4 Å². The number of nitrogens with zero attached hydrogens (tertiary/aromatic N) is 3. The van der Waals surface area contributed by atoms with Crippen molar-refractivity contribution in [3.05, 3.63) is 46.2 Å². The van der Waals surface area contributed by atoms with Gasteiger partial charge >= 0.3 is 0 Å². The Kier molecular flexibility index (Phi) is 5.80. The molecule has 1 heterocycles. The van der Waals surface area contributed by atoms with Crippen LogP contribution in [0.5, 0.6) is 0 Å². The molecule has 0 amide bonds. The van der Waals surface area contributed by atoms with Crippen LogP contribution in [0.25, 0.3) is 12.2 Å². The zero-order valence-electron chi connectivity index (χ0n) is 12.2. The maximum absolute atomic E-state index is 9.64. The minimum absolute atomic E-state index is 0.0482. The third-order valence-electron chi connectivity index (χ3n) is 2.74. The van der Waals surface area contributed by atoms with Gasteiger partial charge in [0.2, 0.25) is 12.3 Å². The summed E-state index contributed by atoms with van der Waals surface area (Å²) in [5.74, 6) is 0.141. The number of aryl methyl sites for hydroxylation is 1. The molecule has 7 nitrogen and oxygen atoms in total. The number of hydrogen-bond acceptors (Lipinski definition) is 6. The summed E-state index contributed by atoms with van der Waals surface area (Å²) in [7, 11) is 0. The number of anilines is 1. The van der Waals surface area contributed by atoms with Crippen LogP contribution in [0.4, 0.5) is 5.95 Å². The fourth-order valence-corrected chi connectivity index (χ4v) is 1.89. The van der Waals surface area contributed by atoms with Crippen molar-refractivity contribution >= 4 is 47.0 Å². The molecular formula is C14H15ClN6OS. The van der Waals surface area contributed by atoms with E-state index in [2.05, 4.69) is 38.0 Å². The fourth-order valence-electron chi connectivity index (χ4n) is 1.65. The van der Waals surface area contributed by atoms with Crippen LogP contribution >= 0.6 is 23.8 Å². The number of hydrogen-bond donors (Lipinski definition) is 4. The van der Waals surface area contributed by atoms with E-state index in [1.165, 1.54) is 0 Å². The van der Waals surface area contributed by atoms with Gasteiger partial charge in [-0.1, -0.05) is 29.8 Å². The first-order valence-electron chi connectivity index (χ1n) is 6.59. The van der Waals surface area contributed by atoms with Crippen molar-refractivity contribution in [2.45, 2.75) is 13.3 Å². The molecule has 2 aromatic rings. The normalized spacial score (nSPS) is 12.1. The molecule has 0 radical (unpaired) electrons. The molecule has 0 bridgehead atoms. The Hall–Kier alpha value is -2.29. The highest BCUT2D eigenvalue weighted by molar-refractivity contribution is 7.80. The van der Waals surface area contributed by atoms with Gasteiger partial charge in [-0.15, -0.1) is 10.2 Å². The summed E-state index contributed by atoms with van der Waals surface area (Å²) >= 11 is 10.5. The Morgan fingerprint density at radius 1 is 1.30 bits per heavy atom. The molecule has 1 unspecified atom stereocenters. The minimum atomic E-state index is -1.20. The van der Waals surface area contributed by atoms with Crippen LogP contribution in [-0.2, 0) is 0 Å². The van der Waals surface area contributed by atoms with Crippen molar-refractivity contribution in [3.8, 4) is 0 Å². The summed E-state index contributed by atoms with van der Waals surface area (Å²) in [4.78, 5) is 4.27. The predicted octanol–water partition coefficient (Wildman–Crippen LogP) is 1.52. The van der Waals surface area contributed by atoms with Crippen molar-refractivity contribution in [3.63, 3.8) is 0 Å². The highest BCUT2D eigenvalue weighted by atomic mass is 35.5. The molecule has 0 fully saturated rings. The third-order valence-corrected chi connectivity index (χ3v) is 3.11. The molecule has 23 heavy (non-hydrogen) atoms. The molecule has 0 aliphatic rings. The van der Waals surface area contributed by atoms with Gasteiger partial charge in [0.1, 0.15) is 0 Å². The number of aliphatic hydroxyl groups excluding tert-OH is 1. The van der Waals surface area contributed by atoms with Gasteiger partial charge < -0.3 is 21.5 Å². The average molecular weight is 351 g/mol. The highest BCUT2D eigenvalue weighted by Crippen LogP contribution is 2.13. The number of halogens is 1.